The topological polar surface area (TPSA) is 32.3 Å². The summed E-state index contributed by atoms with van der Waals surface area (Å²) >= 11 is 0. The van der Waals surface area contributed by atoms with E-state index < -0.39 is 0 Å². The summed E-state index contributed by atoms with van der Waals surface area (Å²) in [6, 6.07) is 0.303. The number of amides is 1. The molecule has 0 aromatic rings. The number of nitrogens with one attached hydrogen (secondary N) is 1. The van der Waals surface area contributed by atoms with Gasteiger partial charge in [-0.05, 0) is 59.4 Å². The first kappa shape index (κ1) is 13.6. The van der Waals surface area contributed by atoms with E-state index in [1.54, 1.807) is 0 Å². The van der Waals surface area contributed by atoms with Crippen LogP contribution in [0, 0.1) is 0 Å². The average Bonchev–Trinajstić information content (AvgIpc) is 2.46. The van der Waals surface area contributed by atoms with Crippen molar-refractivity contribution in [2.75, 3.05) is 7.05 Å². The second-order valence-electron chi connectivity index (χ2n) is 6.18. The van der Waals surface area contributed by atoms with Crippen LogP contribution in [0.2, 0.25) is 0 Å². The summed E-state index contributed by atoms with van der Waals surface area (Å²) in [4.78, 5) is 14.9. The van der Waals surface area contributed by atoms with Gasteiger partial charge in [0.15, 0.2) is 0 Å². The van der Waals surface area contributed by atoms with Crippen LogP contribution in [-0.2, 0) is 4.79 Å². The number of allylic oxidation sites excluding steroid dienone is 1. The lowest BCUT2D eigenvalue weighted by Gasteiger charge is -2.43. The molecule has 2 unspecified atom stereocenters. The molecule has 3 heteroatoms. The molecule has 1 amide bonds. The van der Waals surface area contributed by atoms with Crippen LogP contribution in [0.4, 0.5) is 0 Å². The van der Waals surface area contributed by atoms with Gasteiger partial charge in [-0.25, -0.2) is 0 Å². The lowest BCUT2D eigenvalue weighted by Crippen LogP contribution is -2.56. The Morgan fingerprint density at radius 3 is 2.72 bits per heavy atom. The van der Waals surface area contributed by atoms with Gasteiger partial charge in [0.1, 0.15) is 0 Å². The highest BCUT2D eigenvalue weighted by Gasteiger charge is 2.40. The number of likely N-dealkylation sites (N-methyl/N-ethyl adjacent to an activating group) is 1. The fourth-order valence-corrected chi connectivity index (χ4v) is 3.34. The molecule has 102 valence electrons. The van der Waals surface area contributed by atoms with E-state index in [-0.39, 0.29) is 17.5 Å². The molecule has 18 heavy (non-hydrogen) atoms. The Bertz CT molecular complexity index is 335. The van der Waals surface area contributed by atoms with Gasteiger partial charge in [-0.3, -0.25) is 4.79 Å². The largest absolute Gasteiger partial charge is 0.330 e. The van der Waals surface area contributed by atoms with Gasteiger partial charge in [0.2, 0.25) is 5.91 Å². The van der Waals surface area contributed by atoms with E-state index >= 15 is 0 Å². The van der Waals surface area contributed by atoms with E-state index in [0.29, 0.717) is 6.04 Å². The predicted molar refractivity (Wildman–Crippen MR) is 74.4 cm³/mol. The fourth-order valence-electron chi connectivity index (χ4n) is 3.34. The summed E-state index contributed by atoms with van der Waals surface area (Å²) in [6.45, 7) is 4.43. The van der Waals surface area contributed by atoms with Gasteiger partial charge in [-0.2, -0.15) is 0 Å². The molecule has 0 bridgehead atoms. The fraction of sp³-hybridized carbons (Fsp3) is 0.800. The monoisotopic (exact) mass is 250 g/mol. The Labute approximate surface area is 111 Å². The number of carbonyl (C=O) groups excluding carboxylic acids is 1. The van der Waals surface area contributed by atoms with Crippen molar-refractivity contribution in [1.82, 2.24) is 10.2 Å². The first-order valence-electron chi connectivity index (χ1n) is 7.23. The van der Waals surface area contributed by atoms with Gasteiger partial charge in [-0.1, -0.05) is 12.2 Å². The minimum Gasteiger partial charge on any atom is -0.330 e. The quantitative estimate of drug-likeness (QED) is 0.764. The molecule has 1 N–H and O–H groups in total. The number of likely N-dealkylation sites (tertiary alicyclic amines) is 1. The lowest BCUT2D eigenvalue weighted by atomic mass is 9.92. The number of hydrogen-bond donors (Lipinski definition) is 1. The first-order chi connectivity index (χ1) is 8.56. The van der Waals surface area contributed by atoms with Crippen molar-refractivity contribution in [1.29, 1.82) is 0 Å². The zero-order valence-corrected chi connectivity index (χ0v) is 11.9. The number of rotatable bonds is 2. The highest BCUT2D eigenvalue weighted by atomic mass is 16.2. The van der Waals surface area contributed by atoms with E-state index in [1.807, 2.05) is 7.05 Å². The van der Waals surface area contributed by atoms with Crippen LogP contribution >= 0.6 is 0 Å². The van der Waals surface area contributed by atoms with E-state index in [1.165, 1.54) is 6.42 Å². The van der Waals surface area contributed by atoms with Crippen LogP contribution in [0.3, 0.4) is 0 Å². The summed E-state index contributed by atoms with van der Waals surface area (Å²) < 4.78 is 0. The van der Waals surface area contributed by atoms with Gasteiger partial charge >= 0.3 is 0 Å². The maximum absolute atomic E-state index is 12.7. The molecule has 1 aliphatic heterocycles. The first-order valence-corrected chi connectivity index (χ1v) is 7.23. The summed E-state index contributed by atoms with van der Waals surface area (Å²) in [6.07, 6.45) is 11.1. The minimum absolute atomic E-state index is 0.00195. The number of nitrogens with zero attached hydrogens (tertiary/aromatic N) is 1. The Hall–Kier alpha value is -0.830. The predicted octanol–water partition coefficient (Wildman–Crippen LogP) is 2.47. The van der Waals surface area contributed by atoms with Crippen molar-refractivity contribution >= 4 is 5.91 Å². The van der Waals surface area contributed by atoms with Crippen LogP contribution in [0.1, 0.15) is 52.4 Å². The van der Waals surface area contributed by atoms with Crippen LogP contribution in [0.15, 0.2) is 12.2 Å². The average molecular weight is 250 g/mol. The smallest absolute Gasteiger partial charge is 0.240 e. The normalized spacial score (nSPS) is 32.4. The number of carbonyl (C=O) groups is 1. The molecule has 0 aromatic carbocycles. The van der Waals surface area contributed by atoms with Crippen molar-refractivity contribution in [2.24, 2.45) is 0 Å². The molecule has 2 atom stereocenters. The third kappa shape index (κ3) is 2.61. The Morgan fingerprint density at radius 2 is 2.11 bits per heavy atom. The van der Waals surface area contributed by atoms with Crippen molar-refractivity contribution in [3.05, 3.63) is 12.2 Å². The molecule has 1 aliphatic carbocycles. The molecular weight excluding hydrogens is 224 g/mol. The maximum atomic E-state index is 12.7. The molecule has 0 saturated carbocycles. The van der Waals surface area contributed by atoms with Gasteiger partial charge < -0.3 is 10.2 Å². The highest BCUT2D eigenvalue weighted by Crippen LogP contribution is 2.32. The third-order valence-electron chi connectivity index (χ3n) is 4.38. The van der Waals surface area contributed by atoms with Crippen LogP contribution in [0.25, 0.3) is 0 Å². The molecule has 2 aliphatic rings. The zero-order valence-electron chi connectivity index (χ0n) is 11.9. The Morgan fingerprint density at radius 1 is 1.33 bits per heavy atom. The molecule has 1 saturated heterocycles. The van der Waals surface area contributed by atoms with Gasteiger partial charge in [0, 0.05) is 5.54 Å². The van der Waals surface area contributed by atoms with E-state index in [4.69, 9.17) is 0 Å². The van der Waals surface area contributed by atoms with E-state index in [2.05, 4.69) is 36.2 Å². The van der Waals surface area contributed by atoms with Gasteiger partial charge in [0.05, 0.1) is 12.1 Å². The standard InChI is InChI=1S/C15H26N2O/c1-15(2)11-7-10-13(16-3)14(18)17(15)12-8-5-4-6-9-12/h5,8,12-13,16H,4,6-7,9-11H2,1-3H3. The lowest BCUT2D eigenvalue weighted by molar-refractivity contribution is -0.140. The molecule has 0 aromatic heterocycles. The van der Waals surface area contributed by atoms with Crippen molar-refractivity contribution in [3.8, 4) is 0 Å². The van der Waals surface area contributed by atoms with Gasteiger partial charge in [0.25, 0.3) is 0 Å². The van der Waals surface area contributed by atoms with Crippen LogP contribution < -0.4 is 5.32 Å². The van der Waals surface area contributed by atoms with Crippen LogP contribution in [-0.4, -0.2) is 35.5 Å². The van der Waals surface area contributed by atoms with Crippen molar-refractivity contribution in [3.63, 3.8) is 0 Å². The Balaban J connectivity index is 2.27. The van der Waals surface area contributed by atoms with Crippen LogP contribution in [0.5, 0.6) is 0 Å². The second kappa shape index (κ2) is 5.43. The molecule has 3 nitrogen and oxygen atoms in total. The number of hydrogen-bond acceptors (Lipinski definition) is 2. The summed E-state index contributed by atoms with van der Waals surface area (Å²) in [7, 11) is 1.90. The molecule has 1 fully saturated rings. The van der Waals surface area contributed by atoms with E-state index in [9.17, 15) is 4.79 Å². The molecule has 2 rings (SSSR count). The highest BCUT2D eigenvalue weighted by molar-refractivity contribution is 5.83. The van der Waals surface area contributed by atoms with Crippen molar-refractivity contribution in [2.45, 2.75) is 70.0 Å². The summed E-state index contributed by atoms with van der Waals surface area (Å²) in [5.41, 5.74) is -0.0188. The summed E-state index contributed by atoms with van der Waals surface area (Å²) in [5, 5.41) is 3.19. The SMILES string of the molecule is CNC1CCCC(C)(C)N(C2C=CCCC2)C1=O. The van der Waals surface area contributed by atoms with Gasteiger partial charge in [-0.15, -0.1) is 0 Å². The molecular formula is C15H26N2O. The molecule has 0 radical (unpaired) electrons. The zero-order chi connectivity index (χ0) is 13.2. The van der Waals surface area contributed by atoms with Crippen molar-refractivity contribution < 1.29 is 4.79 Å². The second-order valence-corrected chi connectivity index (χ2v) is 6.18. The third-order valence-corrected chi connectivity index (χ3v) is 4.38. The maximum Gasteiger partial charge on any atom is 0.240 e. The molecule has 0 spiro atoms. The summed E-state index contributed by atoms with van der Waals surface area (Å²) in [5.74, 6) is 0.288. The molecule has 1 heterocycles. The van der Waals surface area contributed by atoms with E-state index in [0.717, 1.165) is 32.1 Å². The minimum atomic E-state index is -0.0188. The Kier molecular flexibility index (Phi) is 4.10.